The normalized spacial score (nSPS) is 11.8. The average Bonchev–Trinajstić information content (AvgIpc) is 3.63. The molecule has 43 heavy (non-hydrogen) atoms. The van der Waals surface area contributed by atoms with Crippen molar-refractivity contribution in [3.63, 3.8) is 0 Å². The Hall–Kier alpha value is -5.10. The highest BCUT2D eigenvalue weighted by Crippen LogP contribution is 2.42. The van der Waals surface area contributed by atoms with Crippen LogP contribution in [0.1, 0.15) is 0 Å². The summed E-state index contributed by atoms with van der Waals surface area (Å²) in [7, 11) is 0. The molecule has 0 amide bonds. The third-order valence-electron chi connectivity index (χ3n) is 7.98. The quantitative estimate of drug-likeness (QED) is 0.206. The summed E-state index contributed by atoms with van der Waals surface area (Å²) < 4.78 is 9.03. The third kappa shape index (κ3) is 3.86. The van der Waals surface area contributed by atoms with E-state index >= 15 is 0 Å². The molecule has 0 aliphatic heterocycles. The molecule has 0 saturated carbocycles. The molecule has 0 unspecified atom stereocenters. The Morgan fingerprint density at radius 1 is 0.512 bits per heavy atom. The molecule has 9 rings (SSSR count). The number of aromatic nitrogens is 3. The molecule has 0 radical (unpaired) electrons. The van der Waals surface area contributed by atoms with E-state index in [4.69, 9.17) is 31.0 Å². The minimum Gasteiger partial charge on any atom is -0.455 e. The van der Waals surface area contributed by atoms with E-state index in [9.17, 15) is 0 Å². The highest BCUT2D eigenvalue weighted by Gasteiger charge is 2.21. The lowest BCUT2D eigenvalue weighted by Gasteiger charge is -2.10. The van der Waals surface area contributed by atoms with Crippen molar-refractivity contribution in [3.05, 3.63) is 126 Å². The molecule has 202 valence electrons. The molecule has 3 heterocycles. The van der Waals surface area contributed by atoms with Crippen molar-refractivity contribution in [1.29, 1.82) is 0 Å². The van der Waals surface area contributed by atoms with E-state index in [1.54, 1.807) is 11.3 Å². The van der Waals surface area contributed by atoms with Gasteiger partial charge >= 0.3 is 0 Å². The summed E-state index contributed by atoms with van der Waals surface area (Å²) in [6, 6.07) is 41.1. The molecule has 0 fully saturated rings. The van der Waals surface area contributed by atoms with Gasteiger partial charge in [-0.25, -0.2) is 15.0 Å². The number of benzene rings is 6. The molecule has 9 aromatic rings. The van der Waals surface area contributed by atoms with Crippen molar-refractivity contribution in [1.82, 2.24) is 15.0 Å². The number of nitrogens with zero attached hydrogens (tertiary/aromatic N) is 3. The van der Waals surface area contributed by atoms with Crippen molar-refractivity contribution < 1.29 is 4.42 Å². The highest BCUT2D eigenvalue weighted by molar-refractivity contribution is 7.26. The van der Waals surface area contributed by atoms with Crippen molar-refractivity contribution in [2.45, 2.75) is 0 Å². The van der Waals surface area contributed by atoms with Gasteiger partial charge < -0.3 is 4.42 Å². The van der Waals surface area contributed by atoms with Gasteiger partial charge in [0, 0.05) is 52.5 Å². The minimum atomic E-state index is 0.512. The van der Waals surface area contributed by atoms with Crippen LogP contribution in [0.3, 0.4) is 0 Å². The number of thiophene rings is 1. The largest absolute Gasteiger partial charge is 0.455 e. The fourth-order valence-electron chi connectivity index (χ4n) is 5.99. The lowest BCUT2D eigenvalue weighted by Crippen LogP contribution is -2.00. The maximum atomic E-state index is 6.77. The van der Waals surface area contributed by atoms with Gasteiger partial charge in [0.1, 0.15) is 11.2 Å². The molecule has 0 bridgehead atoms. The van der Waals surface area contributed by atoms with Crippen molar-refractivity contribution >= 4 is 75.8 Å². The van der Waals surface area contributed by atoms with Crippen LogP contribution in [0.2, 0.25) is 5.02 Å². The molecular weight excluding hydrogens is 570 g/mol. The van der Waals surface area contributed by atoms with E-state index in [1.807, 2.05) is 54.6 Å². The summed E-state index contributed by atoms with van der Waals surface area (Å²) in [6.45, 7) is 0. The Labute approximate surface area is 254 Å². The van der Waals surface area contributed by atoms with Crippen LogP contribution in [0, 0.1) is 0 Å². The smallest absolute Gasteiger partial charge is 0.167 e. The van der Waals surface area contributed by atoms with Gasteiger partial charge in [-0.05, 0) is 35.7 Å². The Balaban J connectivity index is 1.35. The van der Waals surface area contributed by atoms with Crippen LogP contribution in [0.15, 0.2) is 126 Å². The summed E-state index contributed by atoms with van der Waals surface area (Å²) >= 11 is 8.53. The Morgan fingerprint density at radius 3 is 2.12 bits per heavy atom. The molecule has 0 saturated heterocycles. The minimum absolute atomic E-state index is 0.512. The number of rotatable bonds is 3. The van der Waals surface area contributed by atoms with Crippen LogP contribution < -0.4 is 0 Å². The SMILES string of the molecule is Clc1cc(-c2nc(-c3ccccc3)nc(-c3cccc4c3sc3ccccc34)n2)c2oc3c4ccccc4ccc3c2c1. The van der Waals surface area contributed by atoms with Gasteiger partial charge in [-0.1, -0.05) is 103 Å². The highest BCUT2D eigenvalue weighted by atomic mass is 35.5. The Kier molecular flexibility index (Phi) is 5.39. The molecule has 4 nitrogen and oxygen atoms in total. The number of hydrogen-bond acceptors (Lipinski definition) is 5. The second-order valence-corrected chi connectivity index (χ2v) is 12.0. The van der Waals surface area contributed by atoms with Gasteiger partial charge in [0.15, 0.2) is 17.5 Å². The molecule has 6 heteroatoms. The van der Waals surface area contributed by atoms with Gasteiger partial charge in [0.25, 0.3) is 0 Å². The lowest BCUT2D eigenvalue weighted by atomic mass is 10.0. The van der Waals surface area contributed by atoms with Gasteiger partial charge in [0.2, 0.25) is 0 Å². The summed E-state index contributed by atoms with van der Waals surface area (Å²) in [4.78, 5) is 15.1. The number of furan rings is 1. The molecule has 0 spiro atoms. The van der Waals surface area contributed by atoms with Crippen LogP contribution in [0.5, 0.6) is 0 Å². The summed E-state index contributed by atoms with van der Waals surface area (Å²) in [6.07, 6.45) is 0. The topological polar surface area (TPSA) is 51.8 Å². The monoisotopic (exact) mass is 589 g/mol. The van der Waals surface area contributed by atoms with Crippen molar-refractivity contribution in [3.8, 4) is 34.2 Å². The average molecular weight is 590 g/mol. The van der Waals surface area contributed by atoms with Crippen LogP contribution in [-0.4, -0.2) is 15.0 Å². The first kappa shape index (κ1) is 24.5. The summed E-state index contributed by atoms with van der Waals surface area (Å²) in [5.41, 5.74) is 4.13. The second kappa shape index (κ2) is 9.46. The van der Waals surface area contributed by atoms with Gasteiger partial charge in [0.05, 0.1) is 5.56 Å². The standard InChI is InChI=1S/C37H20ClN3OS/c38-23-19-29-26-18-17-21-9-4-5-12-24(21)32(26)42-33(29)30(20-23)37-40-35(22-10-2-1-3-11-22)39-36(41-37)28-15-8-14-27-25-13-6-7-16-31(25)43-34(27)28/h1-20H. The van der Waals surface area contributed by atoms with Crippen LogP contribution in [-0.2, 0) is 0 Å². The molecule has 0 aliphatic carbocycles. The van der Waals surface area contributed by atoms with Gasteiger partial charge in [-0.15, -0.1) is 11.3 Å². The van der Waals surface area contributed by atoms with E-state index in [-0.39, 0.29) is 0 Å². The molecule has 0 atom stereocenters. The predicted octanol–water partition coefficient (Wildman–Crippen LogP) is 10.9. The Bertz CT molecular complexity index is 2530. The first-order valence-corrected chi connectivity index (χ1v) is 15.2. The lowest BCUT2D eigenvalue weighted by molar-refractivity contribution is 0.673. The van der Waals surface area contributed by atoms with Gasteiger partial charge in [-0.2, -0.15) is 0 Å². The number of hydrogen-bond donors (Lipinski definition) is 0. The maximum absolute atomic E-state index is 6.77. The molecular formula is C37H20ClN3OS. The van der Waals surface area contributed by atoms with Crippen LogP contribution in [0.25, 0.3) is 87.0 Å². The fourth-order valence-corrected chi connectivity index (χ4v) is 7.42. The van der Waals surface area contributed by atoms with E-state index in [1.165, 1.54) is 15.5 Å². The van der Waals surface area contributed by atoms with E-state index in [2.05, 4.69) is 66.7 Å². The zero-order chi connectivity index (χ0) is 28.5. The summed E-state index contributed by atoms with van der Waals surface area (Å²) in [5, 5.41) is 7.11. The summed E-state index contributed by atoms with van der Waals surface area (Å²) in [5.74, 6) is 1.71. The number of fused-ring (bicyclic) bond motifs is 8. The zero-order valence-corrected chi connectivity index (χ0v) is 24.2. The van der Waals surface area contributed by atoms with Gasteiger partial charge in [-0.3, -0.25) is 0 Å². The first-order chi connectivity index (χ1) is 21.2. The number of halogens is 1. The Morgan fingerprint density at radius 2 is 1.23 bits per heavy atom. The van der Waals surface area contributed by atoms with Crippen LogP contribution >= 0.6 is 22.9 Å². The van der Waals surface area contributed by atoms with Crippen molar-refractivity contribution in [2.75, 3.05) is 0 Å². The fraction of sp³-hybridized carbons (Fsp3) is 0. The van der Waals surface area contributed by atoms with E-state index < -0.39 is 0 Å². The zero-order valence-electron chi connectivity index (χ0n) is 22.6. The maximum Gasteiger partial charge on any atom is 0.167 e. The second-order valence-electron chi connectivity index (χ2n) is 10.5. The predicted molar refractivity (Wildman–Crippen MR) is 179 cm³/mol. The van der Waals surface area contributed by atoms with E-state index in [0.717, 1.165) is 48.5 Å². The third-order valence-corrected chi connectivity index (χ3v) is 9.42. The molecule has 0 N–H and O–H groups in total. The van der Waals surface area contributed by atoms with E-state index in [0.29, 0.717) is 28.1 Å². The van der Waals surface area contributed by atoms with Crippen molar-refractivity contribution in [2.24, 2.45) is 0 Å². The molecule has 6 aromatic carbocycles. The first-order valence-electron chi connectivity index (χ1n) is 14.0. The molecule has 3 aromatic heterocycles. The molecule has 0 aliphatic rings. The van der Waals surface area contributed by atoms with Crippen LogP contribution in [0.4, 0.5) is 0 Å².